The molecule has 1 N–H and O–H groups in total. The molecule has 2 aromatic rings. The molecule has 0 saturated heterocycles. The monoisotopic (exact) mass is 233 g/mol. The highest BCUT2D eigenvalue weighted by molar-refractivity contribution is 5.82. The van der Waals surface area contributed by atoms with Crippen molar-refractivity contribution >= 4 is 12.2 Å². The van der Waals surface area contributed by atoms with Crippen LogP contribution >= 0.6 is 0 Å². The number of nitrogens with zero attached hydrogens (tertiary/aromatic N) is 5. The Balaban J connectivity index is 2.41. The molecule has 0 radical (unpaired) electrons. The quantitative estimate of drug-likeness (QED) is 0.708. The van der Waals surface area contributed by atoms with E-state index in [4.69, 9.17) is 5.11 Å². The Labute approximate surface area is 94.4 Å². The fourth-order valence-corrected chi connectivity index (χ4v) is 1.13. The maximum absolute atomic E-state index is 11.7. The zero-order chi connectivity index (χ0) is 12.3. The predicted octanol–water partition coefficient (Wildman–Crippen LogP) is -0.621. The Morgan fingerprint density at radius 1 is 1.41 bits per heavy atom. The largest absolute Gasteiger partial charge is 0.478 e. The number of pyridine rings is 1. The van der Waals surface area contributed by atoms with E-state index in [0.717, 1.165) is 21.6 Å². The molecule has 8 nitrogen and oxygen atoms in total. The number of rotatable bonds is 3. The third kappa shape index (κ3) is 2.25. The van der Waals surface area contributed by atoms with Gasteiger partial charge in [-0.05, 0) is 22.6 Å². The van der Waals surface area contributed by atoms with Crippen molar-refractivity contribution < 1.29 is 9.90 Å². The maximum atomic E-state index is 11.7. The van der Waals surface area contributed by atoms with Gasteiger partial charge in [-0.3, -0.25) is 4.98 Å². The summed E-state index contributed by atoms with van der Waals surface area (Å²) in [5.74, 6) is -1.17. The molecule has 0 amide bonds. The first-order chi connectivity index (χ1) is 8.18. The Morgan fingerprint density at radius 3 is 2.88 bits per heavy atom. The van der Waals surface area contributed by atoms with Gasteiger partial charge in [-0.1, -0.05) is 0 Å². The van der Waals surface area contributed by atoms with Gasteiger partial charge >= 0.3 is 11.7 Å². The molecule has 0 aliphatic carbocycles. The van der Waals surface area contributed by atoms with Crippen LogP contribution in [0.15, 0.2) is 35.4 Å². The highest BCUT2D eigenvalue weighted by atomic mass is 16.4. The molecule has 2 aromatic heterocycles. The van der Waals surface area contributed by atoms with Crippen LogP contribution in [0.2, 0.25) is 0 Å². The first-order valence-electron chi connectivity index (χ1n) is 4.54. The van der Waals surface area contributed by atoms with Gasteiger partial charge in [0.15, 0.2) is 0 Å². The molecule has 0 saturated carbocycles. The lowest BCUT2D eigenvalue weighted by atomic mass is 10.4. The Bertz CT molecular complexity index is 613. The average Bonchev–Trinajstić information content (AvgIpc) is 2.69. The lowest BCUT2D eigenvalue weighted by Crippen LogP contribution is -2.21. The smallest absolute Gasteiger partial charge is 0.372 e. The second kappa shape index (κ2) is 4.39. The third-order valence-electron chi connectivity index (χ3n) is 1.85. The second-order valence-electron chi connectivity index (χ2n) is 2.98. The molecule has 0 aliphatic rings. The van der Waals surface area contributed by atoms with Crippen LogP contribution in [0.1, 0.15) is 0 Å². The molecular weight excluding hydrogens is 226 g/mol. The van der Waals surface area contributed by atoms with Gasteiger partial charge in [-0.25, -0.2) is 9.59 Å². The highest BCUT2D eigenvalue weighted by Crippen LogP contribution is 1.97. The van der Waals surface area contributed by atoms with E-state index < -0.39 is 11.7 Å². The fraction of sp³-hybridized carbons (Fsp3) is 0. The van der Waals surface area contributed by atoms with Crippen molar-refractivity contribution in [3.8, 4) is 5.69 Å². The zero-order valence-electron chi connectivity index (χ0n) is 8.46. The van der Waals surface area contributed by atoms with Gasteiger partial charge in [0.2, 0.25) is 0 Å². The first-order valence-corrected chi connectivity index (χ1v) is 4.54. The van der Waals surface area contributed by atoms with Gasteiger partial charge in [0.1, 0.15) is 0 Å². The number of carbonyl (C=O) groups is 1. The number of aliphatic carboxylic acids is 1. The van der Waals surface area contributed by atoms with Crippen molar-refractivity contribution in [3.05, 3.63) is 41.1 Å². The van der Waals surface area contributed by atoms with E-state index in [1.165, 1.54) is 6.20 Å². The maximum Gasteiger partial charge on any atom is 0.372 e. The molecule has 0 unspecified atom stereocenters. The second-order valence-corrected chi connectivity index (χ2v) is 2.98. The number of tetrazole rings is 1. The van der Waals surface area contributed by atoms with Gasteiger partial charge in [0.05, 0.1) is 11.9 Å². The van der Waals surface area contributed by atoms with Crippen LogP contribution in [-0.2, 0) is 4.79 Å². The summed E-state index contributed by atoms with van der Waals surface area (Å²) in [6.45, 7) is 0. The van der Waals surface area contributed by atoms with Crippen LogP contribution in [0.5, 0.6) is 0 Å². The van der Waals surface area contributed by atoms with E-state index in [1.54, 1.807) is 18.3 Å². The number of hydrogen-bond acceptors (Lipinski definition) is 5. The topological polar surface area (TPSA) is 103 Å². The standard InChI is InChI=1S/C9H7N5O3/c15-8(16)3-5-13-9(17)14(12-11-13)7-2-1-4-10-6-7/h1-6H,(H,15,16)/b5-3+. The number of carboxylic acids is 1. The van der Waals surface area contributed by atoms with Crippen molar-refractivity contribution in [2.45, 2.75) is 0 Å². The van der Waals surface area contributed by atoms with E-state index in [9.17, 15) is 9.59 Å². The summed E-state index contributed by atoms with van der Waals surface area (Å²) < 4.78 is 1.83. The lowest BCUT2D eigenvalue weighted by molar-refractivity contribution is -0.131. The molecule has 8 heteroatoms. The molecule has 86 valence electrons. The zero-order valence-corrected chi connectivity index (χ0v) is 8.46. The van der Waals surface area contributed by atoms with Crippen LogP contribution in [0.4, 0.5) is 0 Å². The summed E-state index contributed by atoms with van der Waals surface area (Å²) >= 11 is 0. The predicted molar refractivity (Wildman–Crippen MR) is 56.4 cm³/mol. The van der Waals surface area contributed by atoms with Crippen molar-refractivity contribution in [1.82, 2.24) is 24.8 Å². The molecule has 0 aliphatic heterocycles. The number of carboxylic acid groups (broad SMARTS) is 1. The molecule has 2 rings (SSSR count). The SMILES string of the molecule is O=C(O)/C=C/n1nnn(-c2cccnc2)c1=O. The fourth-order valence-electron chi connectivity index (χ4n) is 1.13. The summed E-state index contributed by atoms with van der Waals surface area (Å²) in [6.07, 6.45) is 4.82. The minimum atomic E-state index is -1.17. The Hall–Kier alpha value is -2.77. The average molecular weight is 233 g/mol. The normalized spacial score (nSPS) is 10.8. The molecule has 2 heterocycles. The van der Waals surface area contributed by atoms with E-state index in [0.29, 0.717) is 5.69 Å². The summed E-state index contributed by atoms with van der Waals surface area (Å²) in [6, 6.07) is 3.28. The molecule has 0 fully saturated rings. The van der Waals surface area contributed by atoms with E-state index in [2.05, 4.69) is 15.4 Å². The van der Waals surface area contributed by atoms with E-state index >= 15 is 0 Å². The van der Waals surface area contributed by atoms with Crippen LogP contribution in [0.3, 0.4) is 0 Å². The minimum absolute atomic E-state index is 0.451. The van der Waals surface area contributed by atoms with Crippen LogP contribution in [-0.4, -0.2) is 35.9 Å². The van der Waals surface area contributed by atoms with Crippen LogP contribution < -0.4 is 5.69 Å². The molecule has 0 atom stereocenters. The summed E-state index contributed by atoms with van der Waals surface area (Å²) in [4.78, 5) is 25.8. The Kier molecular flexibility index (Phi) is 2.77. The van der Waals surface area contributed by atoms with E-state index in [1.807, 2.05) is 0 Å². The summed E-state index contributed by atoms with van der Waals surface area (Å²) in [5.41, 5.74) is -0.122. The van der Waals surface area contributed by atoms with Gasteiger partial charge in [0, 0.05) is 18.5 Å². The van der Waals surface area contributed by atoms with Crippen molar-refractivity contribution in [2.24, 2.45) is 0 Å². The van der Waals surface area contributed by atoms with Crippen LogP contribution in [0.25, 0.3) is 11.9 Å². The highest BCUT2D eigenvalue weighted by Gasteiger charge is 2.06. The molecule has 17 heavy (non-hydrogen) atoms. The molecular formula is C9H7N5O3. The molecule has 0 bridgehead atoms. The van der Waals surface area contributed by atoms with Gasteiger partial charge in [-0.2, -0.15) is 9.36 Å². The van der Waals surface area contributed by atoms with Crippen molar-refractivity contribution in [3.63, 3.8) is 0 Å². The van der Waals surface area contributed by atoms with E-state index in [-0.39, 0.29) is 0 Å². The van der Waals surface area contributed by atoms with Gasteiger partial charge < -0.3 is 5.11 Å². The van der Waals surface area contributed by atoms with Gasteiger partial charge in [-0.15, -0.1) is 0 Å². The summed E-state index contributed by atoms with van der Waals surface area (Å²) in [7, 11) is 0. The third-order valence-corrected chi connectivity index (χ3v) is 1.85. The lowest BCUT2D eigenvalue weighted by Gasteiger charge is -1.94. The minimum Gasteiger partial charge on any atom is -0.478 e. The van der Waals surface area contributed by atoms with Crippen molar-refractivity contribution in [2.75, 3.05) is 0 Å². The molecule has 0 spiro atoms. The van der Waals surface area contributed by atoms with Gasteiger partial charge in [0.25, 0.3) is 0 Å². The van der Waals surface area contributed by atoms with Crippen LogP contribution in [0, 0.1) is 0 Å². The number of aromatic nitrogens is 5. The van der Waals surface area contributed by atoms with Crippen molar-refractivity contribution in [1.29, 1.82) is 0 Å². The molecule has 0 aromatic carbocycles. The number of hydrogen-bond donors (Lipinski definition) is 1. The first kappa shape index (κ1) is 10.7. The summed E-state index contributed by atoms with van der Waals surface area (Å²) in [5, 5.41) is 15.5. The Morgan fingerprint density at radius 2 is 2.24 bits per heavy atom.